The Balaban J connectivity index is 1.76. The van der Waals surface area contributed by atoms with E-state index in [-0.39, 0.29) is 12.0 Å². The Hall–Kier alpha value is -2.14. The van der Waals surface area contributed by atoms with Crippen LogP contribution in [0.4, 0.5) is 0 Å². The van der Waals surface area contributed by atoms with Gasteiger partial charge in [0.2, 0.25) is 14.7 Å². The molecule has 3 nitrogen and oxygen atoms in total. The molecular formula is C24H23ClNO2S+. The van der Waals surface area contributed by atoms with Crippen molar-refractivity contribution < 1.29 is 12.9 Å². The van der Waals surface area contributed by atoms with Gasteiger partial charge >= 0.3 is 0 Å². The van der Waals surface area contributed by atoms with E-state index in [0.717, 1.165) is 29.8 Å². The van der Waals surface area contributed by atoms with E-state index in [1.807, 2.05) is 54.6 Å². The smallest absolute Gasteiger partial charge is 0.240 e. The molecule has 0 saturated carbocycles. The van der Waals surface area contributed by atoms with Gasteiger partial charge in [-0.15, -0.1) is 0 Å². The number of rotatable bonds is 5. The summed E-state index contributed by atoms with van der Waals surface area (Å²) in [5.41, 5.74) is 3.10. The third kappa shape index (κ3) is 2.43. The maximum absolute atomic E-state index is 13.4. The van der Waals surface area contributed by atoms with E-state index in [1.54, 1.807) is 6.07 Å². The average Bonchev–Trinajstić information content (AvgIpc) is 2.64. The van der Waals surface area contributed by atoms with Gasteiger partial charge in [-0.2, -0.15) is 0 Å². The fraction of sp³-hybridized carbons (Fsp3) is 0.250. The Labute approximate surface area is 177 Å². The van der Waals surface area contributed by atoms with Crippen molar-refractivity contribution in [2.24, 2.45) is 5.92 Å². The molecule has 5 heteroatoms. The molecule has 0 amide bonds. The van der Waals surface area contributed by atoms with Gasteiger partial charge in [0.15, 0.2) is 0 Å². The molecule has 3 saturated heterocycles. The summed E-state index contributed by atoms with van der Waals surface area (Å²) in [5, 5.41) is 0.576. The first-order chi connectivity index (χ1) is 13.9. The third-order valence-corrected chi connectivity index (χ3v) is 9.13. The predicted octanol–water partition coefficient (Wildman–Crippen LogP) is 4.79. The van der Waals surface area contributed by atoms with E-state index in [4.69, 9.17) is 11.6 Å². The van der Waals surface area contributed by atoms with Crippen LogP contribution in [0.1, 0.15) is 22.7 Å². The second-order valence-corrected chi connectivity index (χ2v) is 10.9. The van der Waals surface area contributed by atoms with E-state index in [1.165, 1.54) is 6.26 Å². The van der Waals surface area contributed by atoms with E-state index in [0.29, 0.717) is 9.51 Å². The lowest BCUT2D eigenvalue weighted by Gasteiger charge is -2.76. The molecule has 3 heterocycles. The van der Waals surface area contributed by atoms with E-state index in [9.17, 15) is 8.42 Å². The summed E-state index contributed by atoms with van der Waals surface area (Å²) in [7, 11) is -3.40. The normalized spacial score (nSPS) is 27.9. The summed E-state index contributed by atoms with van der Waals surface area (Å²) in [6.45, 7) is 1.71. The summed E-state index contributed by atoms with van der Waals surface area (Å²) < 4.78 is 27.3. The number of halogens is 1. The summed E-state index contributed by atoms with van der Waals surface area (Å²) in [6, 6.07) is 28.0. The van der Waals surface area contributed by atoms with Crippen molar-refractivity contribution in [3.05, 3.63) is 107 Å². The van der Waals surface area contributed by atoms with Gasteiger partial charge in [0.25, 0.3) is 0 Å². The zero-order chi connectivity index (χ0) is 20.3. The molecule has 0 spiro atoms. The van der Waals surface area contributed by atoms with Crippen molar-refractivity contribution in [1.82, 2.24) is 0 Å². The molecule has 2 bridgehead atoms. The molecule has 0 aromatic heterocycles. The molecule has 3 aromatic carbocycles. The van der Waals surface area contributed by atoms with Crippen molar-refractivity contribution in [2.45, 2.75) is 10.9 Å². The molecule has 148 valence electrons. The largest absolute Gasteiger partial charge is 0.290 e. The Morgan fingerprint density at radius 2 is 1.45 bits per heavy atom. The van der Waals surface area contributed by atoms with Gasteiger partial charge < -0.3 is 0 Å². The molecule has 3 aliphatic rings. The van der Waals surface area contributed by atoms with E-state index >= 15 is 0 Å². The second-order valence-electron chi connectivity index (χ2n) is 8.30. The molecule has 1 atom stereocenters. The SMILES string of the molecule is CS(=O)(=O)C1(c2cccc(Cl)c2)C2C[N+]1(C(c1ccccc1)c1ccccc1)C2. The highest BCUT2D eigenvalue weighted by Gasteiger charge is 2.86. The topological polar surface area (TPSA) is 34.1 Å². The molecule has 3 aromatic rings. The minimum Gasteiger partial charge on any atom is -0.290 e. The zero-order valence-electron chi connectivity index (χ0n) is 16.2. The van der Waals surface area contributed by atoms with Gasteiger partial charge in [0.05, 0.1) is 13.1 Å². The van der Waals surface area contributed by atoms with Crippen molar-refractivity contribution in [2.75, 3.05) is 19.3 Å². The summed E-state index contributed by atoms with van der Waals surface area (Å²) in [6.07, 6.45) is 1.39. The maximum atomic E-state index is 13.4. The molecule has 6 rings (SSSR count). The zero-order valence-corrected chi connectivity index (χ0v) is 17.8. The van der Waals surface area contributed by atoms with Crippen LogP contribution in [0.5, 0.6) is 0 Å². The fourth-order valence-corrected chi connectivity index (χ4v) is 8.29. The number of hydrogen-bond acceptors (Lipinski definition) is 2. The Bertz CT molecular complexity index is 1120. The number of hydrogen-bond donors (Lipinski definition) is 0. The molecule has 0 N–H and O–H groups in total. The fourth-order valence-electron chi connectivity index (χ4n) is 5.88. The van der Waals surface area contributed by atoms with E-state index < -0.39 is 14.7 Å². The van der Waals surface area contributed by atoms with Crippen molar-refractivity contribution in [1.29, 1.82) is 0 Å². The van der Waals surface area contributed by atoms with Crippen molar-refractivity contribution >= 4 is 21.4 Å². The molecular weight excluding hydrogens is 402 g/mol. The van der Waals surface area contributed by atoms with Crippen LogP contribution < -0.4 is 0 Å². The maximum Gasteiger partial charge on any atom is 0.240 e. The van der Waals surface area contributed by atoms with Gasteiger partial charge in [-0.3, -0.25) is 4.48 Å². The van der Waals surface area contributed by atoms with Gasteiger partial charge in [-0.25, -0.2) is 8.42 Å². The van der Waals surface area contributed by atoms with Crippen LogP contribution in [0, 0.1) is 5.92 Å². The summed E-state index contributed by atoms with van der Waals surface area (Å²) in [4.78, 5) is -0.950. The second kappa shape index (κ2) is 6.43. The van der Waals surface area contributed by atoms with Gasteiger partial charge in [0, 0.05) is 28.0 Å². The number of sulfone groups is 1. The monoisotopic (exact) mass is 424 g/mol. The molecule has 3 fully saturated rings. The lowest BCUT2D eigenvalue weighted by Crippen LogP contribution is -2.92. The van der Waals surface area contributed by atoms with Crippen LogP contribution >= 0.6 is 11.6 Å². The van der Waals surface area contributed by atoms with Gasteiger partial charge in [0.1, 0.15) is 12.0 Å². The van der Waals surface area contributed by atoms with Crippen LogP contribution in [0.3, 0.4) is 0 Å². The van der Waals surface area contributed by atoms with E-state index in [2.05, 4.69) is 24.3 Å². The summed E-state index contributed by atoms with van der Waals surface area (Å²) in [5.74, 6) is 0.117. The highest BCUT2D eigenvalue weighted by molar-refractivity contribution is 7.91. The summed E-state index contributed by atoms with van der Waals surface area (Å²) >= 11 is 6.30. The van der Waals surface area contributed by atoms with Crippen molar-refractivity contribution in [3.63, 3.8) is 0 Å². The molecule has 0 radical (unpaired) electrons. The van der Waals surface area contributed by atoms with Crippen LogP contribution in [0.25, 0.3) is 0 Å². The van der Waals surface area contributed by atoms with Crippen LogP contribution in [-0.4, -0.2) is 32.2 Å². The molecule has 1 unspecified atom stereocenters. The number of benzene rings is 3. The lowest BCUT2D eigenvalue weighted by molar-refractivity contribution is -1.11. The van der Waals surface area contributed by atoms with Gasteiger partial charge in [-0.1, -0.05) is 84.4 Å². The molecule has 3 aliphatic heterocycles. The standard InChI is InChI=1S/C24H23ClNO2S/c1-29(27,28)24(20-13-8-14-22(25)15-20)21-16-26(24,17-21)23(18-9-4-2-5-10-18)19-11-6-3-7-12-19/h2-15,21,23H,16-17H2,1H3/q+1. The third-order valence-electron chi connectivity index (χ3n) is 6.84. The Morgan fingerprint density at radius 1 is 0.897 bits per heavy atom. The van der Waals surface area contributed by atoms with Crippen molar-refractivity contribution in [3.8, 4) is 0 Å². The highest BCUT2D eigenvalue weighted by atomic mass is 35.5. The van der Waals surface area contributed by atoms with Crippen LogP contribution in [0.15, 0.2) is 84.9 Å². The van der Waals surface area contributed by atoms with Gasteiger partial charge in [-0.05, 0) is 12.1 Å². The number of quaternary nitrogens is 1. The first-order valence-electron chi connectivity index (χ1n) is 9.82. The Morgan fingerprint density at radius 3 is 1.86 bits per heavy atom. The van der Waals surface area contributed by atoms with Crippen LogP contribution in [-0.2, 0) is 14.7 Å². The molecule has 29 heavy (non-hydrogen) atoms. The quantitative estimate of drug-likeness (QED) is 0.552. The minimum absolute atomic E-state index is 0.0453. The molecule has 0 aliphatic carbocycles. The first kappa shape index (κ1) is 18.9. The minimum atomic E-state index is -3.40. The number of nitrogens with zero attached hydrogens (tertiary/aromatic N) is 1. The predicted molar refractivity (Wildman–Crippen MR) is 116 cm³/mol. The highest BCUT2D eigenvalue weighted by Crippen LogP contribution is 2.70. The average molecular weight is 425 g/mol. The first-order valence-corrected chi connectivity index (χ1v) is 12.1. The Kier molecular flexibility index (Phi) is 4.18. The van der Waals surface area contributed by atoms with Crippen LogP contribution in [0.2, 0.25) is 5.02 Å². The lowest BCUT2D eigenvalue weighted by atomic mass is 9.64.